The van der Waals surface area contributed by atoms with Gasteiger partial charge in [-0.15, -0.1) is 0 Å². The molecular weight excluding hydrogens is 250 g/mol. The average molecular weight is 277 g/mol. The third-order valence-electron chi connectivity index (χ3n) is 4.35. The van der Waals surface area contributed by atoms with Crippen LogP contribution in [0.5, 0.6) is 5.75 Å². The molecule has 0 bridgehead atoms. The number of aryl methyl sites for hydroxylation is 1. The summed E-state index contributed by atoms with van der Waals surface area (Å²) in [7, 11) is 0. The van der Waals surface area contributed by atoms with Crippen LogP contribution in [0.15, 0.2) is 18.2 Å². The second kappa shape index (κ2) is 5.65. The third kappa shape index (κ3) is 3.09. The van der Waals surface area contributed by atoms with Crippen molar-refractivity contribution in [2.24, 2.45) is 11.3 Å². The van der Waals surface area contributed by atoms with Gasteiger partial charge in [0, 0.05) is 23.8 Å². The summed E-state index contributed by atoms with van der Waals surface area (Å²) < 4.78 is 5.99. The van der Waals surface area contributed by atoms with Gasteiger partial charge >= 0.3 is 0 Å². The Morgan fingerprint density at radius 3 is 2.65 bits per heavy atom. The Hall–Kier alpha value is -1.22. The number of phenolic OH excluding ortho intramolecular Hbond substituents is 1. The zero-order valence-electron chi connectivity index (χ0n) is 13.2. The minimum atomic E-state index is 0.140. The maximum atomic E-state index is 9.57. The molecule has 3 nitrogen and oxygen atoms in total. The van der Waals surface area contributed by atoms with Gasteiger partial charge < -0.3 is 15.2 Å². The highest BCUT2D eigenvalue weighted by Crippen LogP contribution is 2.44. The topological polar surface area (TPSA) is 41.5 Å². The first-order valence-electron chi connectivity index (χ1n) is 7.48. The molecule has 0 aromatic heterocycles. The molecule has 1 fully saturated rings. The van der Waals surface area contributed by atoms with E-state index in [-0.39, 0.29) is 5.41 Å². The lowest BCUT2D eigenvalue weighted by Crippen LogP contribution is -2.58. The maximum absolute atomic E-state index is 9.57. The van der Waals surface area contributed by atoms with Crippen LogP contribution in [0, 0.1) is 18.3 Å². The first-order chi connectivity index (χ1) is 9.30. The van der Waals surface area contributed by atoms with Gasteiger partial charge in [-0.05, 0) is 43.0 Å². The van der Waals surface area contributed by atoms with E-state index in [0.717, 1.165) is 24.3 Å². The molecule has 2 atom stereocenters. The fourth-order valence-corrected chi connectivity index (χ4v) is 2.67. The van der Waals surface area contributed by atoms with Crippen molar-refractivity contribution in [1.29, 1.82) is 0 Å². The number of phenols is 1. The van der Waals surface area contributed by atoms with Crippen molar-refractivity contribution in [3.63, 3.8) is 0 Å². The number of nitrogens with one attached hydrogen (secondary N) is 1. The minimum absolute atomic E-state index is 0.140. The summed E-state index contributed by atoms with van der Waals surface area (Å²) >= 11 is 0. The van der Waals surface area contributed by atoms with Crippen molar-refractivity contribution in [3.05, 3.63) is 23.8 Å². The third-order valence-corrected chi connectivity index (χ3v) is 4.35. The van der Waals surface area contributed by atoms with Crippen molar-refractivity contribution < 1.29 is 9.84 Å². The smallest absolute Gasteiger partial charge is 0.118 e. The van der Waals surface area contributed by atoms with Crippen LogP contribution in [0.3, 0.4) is 0 Å². The summed E-state index contributed by atoms with van der Waals surface area (Å²) in [6.07, 6.45) is 1.38. The van der Waals surface area contributed by atoms with Crippen molar-refractivity contribution in [3.8, 4) is 5.75 Å². The molecule has 0 saturated heterocycles. The largest absolute Gasteiger partial charge is 0.508 e. The molecule has 2 rings (SSSR count). The fourth-order valence-electron chi connectivity index (χ4n) is 2.67. The molecule has 1 aromatic carbocycles. The van der Waals surface area contributed by atoms with E-state index in [0.29, 0.717) is 23.8 Å². The lowest BCUT2D eigenvalue weighted by Gasteiger charge is -2.52. The summed E-state index contributed by atoms with van der Waals surface area (Å²) in [5.74, 6) is 0.930. The number of rotatable bonds is 5. The van der Waals surface area contributed by atoms with Crippen LogP contribution < -0.4 is 5.32 Å². The van der Waals surface area contributed by atoms with E-state index in [4.69, 9.17) is 4.74 Å². The molecule has 1 aliphatic rings. The van der Waals surface area contributed by atoms with Crippen LogP contribution in [-0.4, -0.2) is 23.9 Å². The Morgan fingerprint density at radius 1 is 1.40 bits per heavy atom. The van der Waals surface area contributed by atoms with Crippen molar-refractivity contribution in [2.75, 3.05) is 11.9 Å². The quantitative estimate of drug-likeness (QED) is 0.801. The van der Waals surface area contributed by atoms with Gasteiger partial charge in [-0.2, -0.15) is 0 Å². The zero-order chi connectivity index (χ0) is 14.9. The molecule has 1 saturated carbocycles. The number of benzene rings is 1. The zero-order valence-corrected chi connectivity index (χ0v) is 13.2. The van der Waals surface area contributed by atoms with Crippen LogP contribution in [0.2, 0.25) is 0 Å². The van der Waals surface area contributed by atoms with Gasteiger partial charge in [0.1, 0.15) is 5.75 Å². The normalized spacial score (nSPS) is 24.5. The Labute approximate surface area is 122 Å². The first kappa shape index (κ1) is 15.2. The number of hydrogen-bond acceptors (Lipinski definition) is 3. The van der Waals surface area contributed by atoms with Crippen molar-refractivity contribution >= 4 is 5.69 Å². The molecule has 2 unspecified atom stereocenters. The summed E-state index contributed by atoms with van der Waals surface area (Å²) in [5.41, 5.74) is 2.11. The van der Waals surface area contributed by atoms with Gasteiger partial charge in [0.15, 0.2) is 0 Å². The van der Waals surface area contributed by atoms with Gasteiger partial charge in [-0.3, -0.25) is 0 Å². The summed E-state index contributed by atoms with van der Waals surface area (Å²) in [4.78, 5) is 0. The van der Waals surface area contributed by atoms with Gasteiger partial charge in [0.05, 0.1) is 6.10 Å². The van der Waals surface area contributed by atoms with Crippen LogP contribution in [0.1, 0.15) is 39.7 Å². The number of aromatic hydroxyl groups is 1. The Morgan fingerprint density at radius 2 is 2.10 bits per heavy atom. The molecule has 0 amide bonds. The van der Waals surface area contributed by atoms with Gasteiger partial charge in [0.2, 0.25) is 0 Å². The lowest BCUT2D eigenvalue weighted by molar-refractivity contribution is -0.108. The summed E-state index contributed by atoms with van der Waals surface area (Å²) in [6, 6.07) is 6.09. The molecule has 0 aliphatic heterocycles. The minimum Gasteiger partial charge on any atom is -0.508 e. The number of ether oxygens (including phenoxy) is 1. The molecule has 2 N–H and O–H groups in total. The molecule has 3 heteroatoms. The van der Waals surface area contributed by atoms with E-state index < -0.39 is 0 Å². The van der Waals surface area contributed by atoms with Crippen LogP contribution in [0.25, 0.3) is 0 Å². The van der Waals surface area contributed by atoms with Gasteiger partial charge in [0.25, 0.3) is 0 Å². The molecule has 20 heavy (non-hydrogen) atoms. The Kier molecular flexibility index (Phi) is 4.28. The standard InChI is InChI=1S/C17H27NO2/c1-11(2)10-20-16-9-15(17(16,4)5)18-13-6-7-14(19)12(3)8-13/h6-8,11,15-16,18-19H,9-10H2,1-5H3. The molecule has 0 heterocycles. The van der Waals surface area contributed by atoms with E-state index in [1.807, 2.05) is 19.1 Å². The predicted octanol–water partition coefficient (Wildman–Crippen LogP) is 3.95. The molecule has 1 aromatic rings. The first-order valence-corrected chi connectivity index (χ1v) is 7.48. The van der Waals surface area contributed by atoms with Gasteiger partial charge in [-0.25, -0.2) is 0 Å². The maximum Gasteiger partial charge on any atom is 0.118 e. The highest BCUT2D eigenvalue weighted by atomic mass is 16.5. The molecular formula is C17H27NO2. The molecule has 0 spiro atoms. The van der Waals surface area contributed by atoms with E-state index in [2.05, 4.69) is 33.0 Å². The Bertz CT molecular complexity index is 468. The average Bonchev–Trinajstić information content (AvgIpc) is 2.36. The summed E-state index contributed by atoms with van der Waals surface area (Å²) in [5, 5.41) is 13.1. The second-order valence-electron chi connectivity index (χ2n) is 6.97. The van der Waals surface area contributed by atoms with Crippen molar-refractivity contribution in [2.45, 2.75) is 53.2 Å². The monoisotopic (exact) mass is 277 g/mol. The van der Waals surface area contributed by atoms with E-state index >= 15 is 0 Å². The SMILES string of the molecule is Cc1cc(NC2CC(OCC(C)C)C2(C)C)ccc1O. The van der Waals surface area contributed by atoms with Crippen LogP contribution in [0.4, 0.5) is 5.69 Å². The van der Waals surface area contributed by atoms with Crippen LogP contribution >= 0.6 is 0 Å². The summed E-state index contributed by atoms with van der Waals surface area (Å²) in [6.45, 7) is 11.6. The van der Waals surface area contributed by atoms with Crippen LogP contribution in [-0.2, 0) is 4.74 Å². The predicted molar refractivity (Wildman–Crippen MR) is 83.2 cm³/mol. The Balaban J connectivity index is 1.93. The molecule has 112 valence electrons. The van der Waals surface area contributed by atoms with Crippen molar-refractivity contribution in [1.82, 2.24) is 0 Å². The lowest BCUT2D eigenvalue weighted by atomic mass is 9.64. The highest BCUT2D eigenvalue weighted by Gasteiger charge is 2.49. The highest BCUT2D eigenvalue weighted by molar-refractivity contribution is 5.51. The molecule has 1 aliphatic carbocycles. The number of hydrogen-bond donors (Lipinski definition) is 2. The molecule has 0 radical (unpaired) electrons. The fraction of sp³-hybridized carbons (Fsp3) is 0.647. The van der Waals surface area contributed by atoms with E-state index in [1.165, 1.54) is 0 Å². The second-order valence-corrected chi connectivity index (χ2v) is 6.97. The van der Waals surface area contributed by atoms with E-state index in [1.54, 1.807) is 6.07 Å². The number of anilines is 1. The van der Waals surface area contributed by atoms with E-state index in [9.17, 15) is 5.11 Å². The van der Waals surface area contributed by atoms with Gasteiger partial charge in [-0.1, -0.05) is 27.7 Å².